The first-order chi connectivity index (χ1) is 22.7. The fraction of sp³-hybridized carbons (Fsp3) is 0.595. The first-order valence-corrected chi connectivity index (χ1v) is 17.1. The number of ether oxygens (including phenoxy) is 2. The molecule has 4 rings (SSSR count). The molecule has 3 aromatic rings. The number of hydrogen-bond acceptors (Lipinski definition) is 6. The average Bonchev–Trinajstić information content (AvgIpc) is 3.59. The van der Waals surface area contributed by atoms with Crippen molar-refractivity contribution in [3.05, 3.63) is 46.8 Å². The SMILES string of the molecule is CC(=O)N(C)C.[C-]#[N+]c1c(C(=O)OC2C(C(C)C)CCCC2C(C)C)c2nc(-c3ccc(C(C)C)cc3)[nH]n2c1OC(=O)N(CC)CC. The van der Waals surface area contributed by atoms with Gasteiger partial charge in [0.25, 0.3) is 5.69 Å². The normalized spacial score (nSPS) is 17.6. The molecule has 1 aromatic carbocycles. The summed E-state index contributed by atoms with van der Waals surface area (Å²) in [6.07, 6.45) is 2.21. The van der Waals surface area contributed by atoms with Gasteiger partial charge in [0, 0.05) is 39.7 Å². The molecule has 1 saturated carbocycles. The number of amides is 2. The Balaban J connectivity index is 0.000000952. The van der Waals surface area contributed by atoms with E-state index in [0.29, 0.717) is 36.7 Å². The fourth-order valence-electron chi connectivity index (χ4n) is 6.16. The van der Waals surface area contributed by atoms with Crippen molar-refractivity contribution >= 4 is 29.3 Å². The quantitative estimate of drug-likeness (QED) is 0.183. The van der Waals surface area contributed by atoms with Crippen LogP contribution >= 0.6 is 0 Å². The lowest BCUT2D eigenvalue weighted by Crippen LogP contribution is -2.42. The van der Waals surface area contributed by atoms with E-state index in [1.54, 1.807) is 14.1 Å². The molecule has 2 unspecified atom stereocenters. The maximum Gasteiger partial charge on any atom is 0.415 e. The van der Waals surface area contributed by atoms with Crippen LogP contribution in [-0.2, 0) is 9.53 Å². The van der Waals surface area contributed by atoms with Gasteiger partial charge in [-0.25, -0.2) is 23.9 Å². The van der Waals surface area contributed by atoms with Gasteiger partial charge in [-0.2, -0.15) is 0 Å². The van der Waals surface area contributed by atoms with E-state index in [4.69, 9.17) is 21.0 Å². The number of carbonyl (C=O) groups excluding carboxylic acids is 3. The molecular weight excluding hydrogens is 608 g/mol. The molecule has 2 aromatic heterocycles. The summed E-state index contributed by atoms with van der Waals surface area (Å²) < 4.78 is 13.6. The molecule has 0 bridgehead atoms. The number of benzene rings is 1. The van der Waals surface area contributed by atoms with Crippen LogP contribution < -0.4 is 4.74 Å². The number of rotatable bonds is 9. The number of nitrogens with zero attached hydrogens (tertiary/aromatic N) is 5. The highest BCUT2D eigenvalue weighted by molar-refractivity contribution is 6.05. The fourth-order valence-corrected chi connectivity index (χ4v) is 6.16. The summed E-state index contributed by atoms with van der Waals surface area (Å²) in [5.74, 6) is 1.41. The second kappa shape index (κ2) is 16.7. The molecule has 1 fully saturated rings. The highest BCUT2D eigenvalue weighted by Gasteiger charge is 2.41. The van der Waals surface area contributed by atoms with Crippen LogP contribution in [0.15, 0.2) is 24.3 Å². The Kier molecular flexibility index (Phi) is 13.2. The van der Waals surface area contributed by atoms with Crippen molar-refractivity contribution in [1.29, 1.82) is 0 Å². The zero-order valence-corrected chi connectivity index (χ0v) is 30.6. The van der Waals surface area contributed by atoms with E-state index in [1.165, 1.54) is 26.8 Å². The van der Waals surface area contributed by atoms with Gasteiger partial charge in [0.2, 0.25) is 11.8 Å². The summed E-state index contributed by atoms with van der Waals surface area (Å²) in [5, 5.41) is 3.18. The van der Waals surface area contributed by atoms with Crippen molar-refractivity contribution in [1.82, 2.24) is 24.4 Å². The molecule has 0 radical (unpaired) electrons. The van der Waals surface area contributed by atoms with Gasteiger partial charge < -0.3 is 19.3 Å². The number of aromatic amines is 1. The lowest BCUT2D eigenvalue weighted by Gasteiger charge is -2.41. The second-order valence-corrected chi connectivity index (χ2v) is 13.7. The van der Waals surface area contributed by atoms with Crippen LogP contribution in [0.4, 0.5) is 10.5 Å². The molecule has 0 spiro atoms. The minimum atomic E-state index is -0.611. The number of carbonyl (C=O) groups is 3. The van der Waals surface area contributed by atoms with Crippen molar-refractivity contribution in [2.45, 2.75) is 93.6 Å². The number of esters is 1. The maximum absolute atomic E-state index is 14.1. The van der Waals surface area contributed by atoms with Gasteiger partial charge in [-0.1, -0.05) is 72.2 Å². The van der Waals surface area contributed by atoms with Crippen molar-refractivity contribution in [3.8, 4) is 17.3 Å². The van der Waals surface area contributed by atoms with Gasteiger partial charge in [-0.3, -0.25) is 9.89 Å². The van der Waals surface area contributed by atoms with E-state index in [0.717, 1.165) is 24.8 Å². The smallest absolute Gasteiger partial charge is 0.415 e. The molecule has 48 heavy (non-hydrogen) atoms. The Labute approximate surface area is 285 Å². The molecular formula is C37H54N6O5. The predicted molar refractivity (Wildman–Crippen MR) is 188 cm³/mol. The van der Waals surface area contributed by atoms with Crippen LogP contribution in [0.5, 0.6) is 5.88 Å². The highest BCUT2D eigenvalue weighted by Crippen LogP contribution is 2.43. The molecule has 1 N–H and O–H groups in total. The van der Waals surface area contributed by atoms with Crippen molar-refractivity contribution < 1.29 is 23.9 Å². The van der Waals surface area contributed by atoms with Gasteiger partial charge in [0.15, 0.2) is 11.5 Å². The average molecular weight is 663 g/mol. The van der Waals surface area contributed by atoms with Crippen LogP contribution in [0.25, 0.3) is 21.9 Å². The zero-order chi connectivity index (χ0) is 35.9. The van der Waals surface area contributed by atoms with Crippen LogP contribution in [0.1, 0.15) is 103 Å². The zero-order valence-electron chi connectivity index (χ0n) is 30.6. The first kappa shape index (κ1) is 38.1. The third-order valence-electron chi connectivity index (χ3n) is 9.39. The summed E-state index contributed by atoms with van der Waals surface area (Å²) in [7, 11) is 3.45. The third kappa shape index (κ3) is 8.57. The molecule has 2 atom stereocenters. The van der Waals surface area contributed by atoms with Crippen LogP contribution in [0.2, 0.25) is 0 Å². The first-order valence-electron chi connectivity index (χ1n) is 17.1. The van der Waals surface area contributed by atoms with Crippen LogP contribution in [0, 0.1) is 30.2 Å². The monoisotopic (exact) mass is 662 g/mol. The van der Waals surface area contributed by atoms with E-state index in [1.807, 2.05) is 38.1 Å². The van der Waals surface area contributed by atoms with E-state index in [-0.39, 0.29) is 46.6 Å². The Morgan fingerprint density at radius 3 is 1.98 bits per heavy atom. The molecule has 11 heteroatoms. The van der Waals surface area contributed by atoms with Crippen LogP contribution in [-0.4, -0.2) is 75.7 Å². The molecule has 0 saturated heterocycles. The summed E-state index contributed by atoms with van der Waals surface area (Å²) in [4.78, 5) is 48.6. The van der Waals surface area contributed by atoms with Crippen molar-refractivity contribution in [2.75, 3.05) is 27.2 Å². The van der Waals surface area contributed by atoms with E-state index in [9.17, 15) is 14.4 Å². The number of aromatic nitrogens is 3. The molecule has 1 aliphatic carbocycles. The number of nitrogens with one attached hydrogen (secondary N) is 1. The maximum atomic E-state index is 14.1. The van der Waals surface area contributed by atoms with E-state index in [2.05, 4.69) is 51.5 Å². The molecule has 2 amide bonds. The Morgan fingerprint density at radius 2 is 1.54 bits per heavy atom. The summed E-state index contributed by atoms with van der Waals surface area (Å²) in [6, 6.07) is 8.01. The molecule has 1 aliphatic rings. The number of H-pyrrole nitrogens is 1. The predicted octanol–water partition coefficient (Wildman–Crippen LogP) is 8.19. The van der Waals surface area contributed by atoms with Gasteiger partial charge in [-0.15, -0.1) is 0 Å². The topological polar surface area (TPSA) is 114 Å². The van der Waals surface area contributed by atoms with Gasteiger partial charge in [0.05, 0.1) is 6.57 Å². The minimum absolute atomic E-state index is 0.0178. The van der Waals surface area contributed by atoms with Crippen LogP contribution in [0.3, 0.4) is 0 Å². The summed E-state index contributed by atoms with van der Waals surface area (Å²) in [5.41, 5.74) is 2.13. The lowest BCUT2D eigenvalue weighted by atomic mass is 9.70. The van der Waals surface area contributed by atoms with Gasteiger partial charge in [-0.05, 0) is 61.8 Å². The Bertz CT molecular complexity index is 1570. The van der Waals surface area contributed by atoms with Crippen molar-refractivity contribution in [2.24, 2.45) is 23.7 Å². The molecule has 0 aliphatic heterocycles. The number of hydrogen-bond donors (Lipinski definition) is 1. The highest BCUT2D eigenvalue weighted by atomic mass is 16.6. The molecule has 11 nitrogen and oxygen atoms in total. The Morgan fingerprint density at radius 1 is 1.00 bits per heavy atom. The molecule has 262 valence electrons. The second-order valence-electron chi connectivity index (χ2n) is 13.7. The van der Waals surface area contributed by atoms with E-state index >= 15 is 0 Å². The summed E-state index contributed by atoms with van der Waals surface area (Å²) >= 11 is 0. The largest absolute Gasteiger partial charge is 0.459 e. The third-order valence-corrected chi connectivity index (χ3v) is 9.39. The van der Waals surface area contributed by atoms with Gasteiger partial charge in [0.1, 0.15) is 11.7 Å². The lowest BCUT2D eigenvalue weighted by molar-refractivity contribution is -0.126. The number of fused-ring (bicyclic) bond motifs is 1. The van der Waals surface area contributed by atoms with Gasteiger partial charge >= 0.3 is 12.1 Å². The summed E-state index contributed by atoms with van der Waals surface area (Å²) in [6.45, 7) is 27.1. The van der Waals surface area contributed by atoms with Crippen molar-refractivity contribution in [3.63, 3.8) is 0 Å². The minimum Gasteiger partial charge on any atom is -0.459 e. The van der Waals surface area contributed by atoms with E-state index < -0.39 is 12.1 Å². The standard InChI is InChI=1S/C33H45N5O4.C4H9NO/c1-10-37(11-2)33(40)42-31-27(34-9)26(32(39)41-28-24(20(5)6)13-12-14-25(28)21(7)8)30-35-29(36-38(30)31)23-17-15-22(16-18-23)19(3)4;1-4(6)5(2)3/h15-21,24-25,28H,10-14H2,1-8H3,(H,35,36);1-3H3. The molecule has 2 heterocycles. The Hall–Kier alpha value is -4.33.